The molecular weight excluding hydrogens is 230 g/mol. The van der Waals surface area contributed by atoms with E-state index in [4.69, 9.17) is 10.2 Å². The molecule has 6 nitrogen and oxygen atoms in total. The number of aromatic nitrogens is 2. The maximum atomic E-state index is 11.3. The van der Waals surface area contributed by atoms with Gasteiger partial charge >= 0.3 is 0 Å². The van der Waals surface area contributed by atoms with Gasteiger partial charge in [0.25, 0.3) is 0 Å². The molecule has 0 radical (unpaired) electrons. The summed E-state index contributed by atoms with van der Waals surface area (Å²) in [6, 6.07) is 1.65. The number of hydrogen-bond donors (Lipinski definition) is 3. The second-order valence-electron chi connectivity index (χ2n) is 2.97. The molecule has 0 aliphatic heterocycles. The Labute approximate surface area is 97.1 Å². The molecule has 0 aliphatic rings. The van der Waals surface area contributed by atoms with Gasteiger partial charge in [-0.3, -0.25) is 10.1 Å². The largest absolute Gasteiger partial charge is 0.394 e. The quantitative estimate of drug-likeness (QED) is 0.623. The van der Waals surface area contributed by atoms with E-state index in [0.29, 0.717) is 5.75 Å². The Balaban J connectivity index is 2.21. The lowest BCUT2D eigenvalue weighted by Crippen LogP contribution is -2.19. The summed E-state index contributed by atoms with van der Waals surface area (Å²) in [6.07, 6.45) is 2.28. The minimum Gasteiger partial charge on any atom is -0.394 e. The third kappa shape index (κ3) is 5.06. The standard InChI is InChI=1S/C9H13N3O3S/c13-4-7(14)5-16-6-8(15)12-9-10-2-1-3-11-9/h1-3,7,13-14H,4-6H2,(H,10,11,12,15). The molecule has 16 heavy (non-hydrogen) atoms. The topological polar surface area (TPSA) is 95.3 Å². The number of carbonyl (C=O) groups excluding carboxylic acids is 1. The van der Waals surface area contributed by atoms with Crippen molar-refractivity contribution in [3.05, 3.63) is 18.5 Å². The van der Waals surface area contributed by atoms with Crippen molar-refractivity contribution in [1.29, 1.82) is 0 Å². The summed E-state index contributed by atoms with van der Waals surface area (Å²) in [6.45, 7) is -0.295. The average Bonchev–Trinajstić information content (AvgIpc) is 2.30. The Bertz CT molecular complexity index is 323. The molecule has 1 heterocycles. The second kappa shape index (κ2) is 7.15. The SMILES string of the molecule is O=C(CSCC(O)CO)Nc1ncccn1. The molecule has 1 aromatic rings. The van der Waals surface area contributed by atoms with Crippen LogP contribution in [0.3, 0.4) is 0 Å². The van der Waals surface area contributed by atoms with Gasteiger partial charge in [-0.05, 0) is 6.07 Å². The van der Waals surface area contributed by atoms with E-state index in [1.54, 1.807) is 6.07 Å². The molecule has 0 spiro atoms. The highest BCUT2D eigenvalue weighted by Gasteiger charge is 2.06. The second-order valence-corrected chi connectivity index (χ2v) is 4.00. The van der Waals surface area contributed by atoms with Crippen LogP contribution < -0.4 is 5.32 Å². The van der Waals surface area contributed by atoms with Crippen LogP contribution in [0.15, 0.2) is 18.5 Å². The first kappa shape index (κ1) is 12.9. The van der Waals surface area contributed by atoms with Gasteiger partial charge in [-0.15, -0.1) is 11.8 Å². The van der Waals surface area contributed by atoms with Gasteiger partial charge in [0.15, 0.2) is 0 Å². The predicted molar refractivity (Wildman–Crippen MR) is 61.1 cm³/mol. The Morgan fingerprint density at radius 1 is 1.50 bits per heavy atom. The van der Waals surface area contributed by atoms with Crippen LogP contribution in [0.2, 0.25) is 0 Å². The maximum absolute atomic E-state index is 11.3. The van der Waals surface area contributed by atoms with Crippen LogP contribution in [0.5, 0.6) is 0 Å². The number of carbonyl (C=O) groups is 1. The summed E-state index contributed by atoms with van der Waals surface area (Å²) in [5.74, 6) is 0.534. The summed E-state index contributed by atoms with van der Waals surface area (Å²) < 4.78 is 0. The Morgan fingerprint density at radius 2 is 2.19 bits per heavy atom. The van der Waals surface area contributed by atoms with Crippen molar-refractivity contribution >= 4 is 23.6 Å². The van der Waals surface area contributed by atoms with Crippen LogP contribution in [-0.4, -0.2) is 50.3 Å². The van der Waals surface area contributed by atoms with Crippen molar-refractivity contribution < 1.29 is 15.0 Å². The average molecular weight is 243 g/mol. The van der Waals surface area contributed by atoms with Crippen molar-refractivity contribution in [1.82, 2.24) is 9.97 Å². The summed E-state index contributed by atoms with van der Waals surface area (Å²) >= 11 is 1.24. The minimum absolute atomic E-state index is 0.190. The van der Waals surface area contributed by atoms with Gasteiger partial charge in [-0.1, -0.05) is 0 Å². The van der Waals surface area contributed by atoms with Gasteiger partial charge in [0.2, 0.25) is 11.9 Å². The highest BCUT2D eigenvalue weighted by atomic mass is 32.2. The molecule has 0 bridgehead atoms. The van der Waals surface area contributed by atoms with E-state index in [1.807, 2.05) is 0 Å². The first-order valence-electron chi connectivity index (χ1n) is 4.66. The zero-order chi connectivity index (χ0) is 11.8. The predicted octanol–water partition coefficient (Wildman–Crippen LogP) is -0.499. The Kier molecular flexibility index (Phi) is 5.76. The zero-order valence-corrected chi connectivity index (χ0v) is 9.35. The number of amides is 1. The first-order valence-corrected chi connectivity index (χ1v) is 5.81. The van der Waals surface area contributed by atoms with Crippen LogP contribution in [0.4, 0.5) is 5.95 Å². The van der Waals surface area contributed by atoms with E-state index in [0.717, 1.165) is 0 Å². The first-order chi connectivity index (χ1) is 7.72. The number of nitrogens with zero attached hydrogens (tertiary/aromatic N) is 2. The van der Waals surface area contributed by atoms with Gasteiger partial charge in [0.1, 0.15) is 0 Å². The van der Waals surface area contributed by atoms with E-state index in [9.17, 15) is 4.79 Å². The summed E-state index contributed by atoms with van der Waals surface area (Å²) in [4.78, 5) is 19.0. The Hall–Kier alpha value is -1.18. The number of anilines is 1. The zero-order valence-electron chi connectivity index (χ0n) is 8.54. The fourth-order valence-corrected chi connectivity index (χ4v) is 1.62. The van der Waals surface area contributed by atoms with Gasteiger partial charge in [-0.2, -0.15) is 0 Å². The normalized spacial score (nSPS) is 12.1. The van der Waals surface area contributed by atoms with Gasteiger partial charge in [-0.25, -0.2) is 9.97 Å². The molecule has 1 rings (SSSR count). The third-order valence-corrected chi connectivity index (χ3v) is 2.66. The molecule has 0 saturated heterocycles. The summed E-state index contributed by atoms with van der Waals surface area (Å²) in [5.41, 5.74) is 0. The molecular formula is C9H13N3O3S. The van der Waals surface area contributed by atoms with Gasteiger partial charge in [0, 0.05) is 18.1 Å². The van der Waals surface area contributed by atoms with Crippen molar-refractivity contribution in [2.24, 2.45) is 0 Å². The molecule has 0 aliphatic carbocycles. The van der Waals surface area contributed by atoms with Crippen LogP contribution in [-0.2, 0) is 4.79 Å². The molecule has 1 aromatic heterocycles. The lowest BCUT2D eigenvalue weighted by atomic mass is 10.4. The fourth-order valence-electron chi connectivity index (χ4n) is 0.865. The van der Waals surface area contributed by atoms with E-state index < -0.39 is 6.10 Å². The Morgan fingerprint density at radius 3 is 2.81 bits per heavy atom. The smallest absolute Gasteiger partial charge is 0.236 e. The van der Waals surface area contributed by atoms with E-state index in [2.05, 4.69) is 15.3 Å². The number of nitrogens with one attached hydrogen (secondary N) is 1. The molecule has 7 heteroatoms. The van der Waals surface area contributed by atoms with Crippen LogP contribution in [0.25, 0.3) is 0 Å². The number of aliphatic hydroxyl groups is 2. The van der Waals surface area contributed by atoms with Crippen molar-refractivity contribution in [3.63, 3.8) is 0 Å². The van der Waals surface area contributed by atoms with Crippen molar-refractivity contribution in [2.75, 3.05) is 23.4 Å². The van der Waals surface area contributed by atoms with E-state index in [-0.39, 0.29) is 24.2 Å². The van der Waals surface area contributed by atoms with Crippen molar-refractivity contribution in [2.45, 2.75) is 6.10 Å². The lowest BCUT2D eigenvalue weighted by molar-refractivity contribution is -0.113. The molecule has 1 atom stereocenters. The van der Waals surface area contributed by atoms with Gasteiger partial charge < -0.3 is 10.2 Å². The molecule has 0 saturated carbocycles. The highest BCUT2D eigenvalue weighted by Crippen LogP contribution is 2.04. The third-order valence-electron chi connectivity index (χ3n) is 1.57. The van der Waals surface area contributed by atoms with E-state index >= 15 is 0 Å². The van der Waals surface area contributed by atoms with E-state index in [1.165, 1.54) is 24.2 Å². The molecule has 0 aromatic carbocycles. The monoisotopic (exact) mass is 243 g/mol. The fraction of sp³-hybridized carbons (Fsp3) is 0.444. The molecule has 1 unspecified atom stereocenters. The highest BCUT2D eigenvalue weighted by molar-refractivity contribution is 8.00. The van der Waals surface area contributed by atoms with Gasteiger partial charge in [0.05, 0.1) is 18.5 Å². The molecule has 0 fully saturated rings. The maximum Gasteiger partial charge on any atom is 0.236 e. The summed E-state index contributed by atoms with van der Waals surface area (Å²) in [7, 11) is 0. The minimum atomic E-state index is -0.786. The van der Waals surface area contributed by atoms with Crippen LogP contribution >= 0.6 is 11.8 Å². The lowest BCUT2D eigenvalue weighted by Gasteiger charge is -2.06. The number of hydrogen-bond acceptors (Lipinski definition) is 6. The summed E-state index contributed by atoms with van der Waals surface area (Å²) in [5, 5.41) is 20.1. The number of thioether (sulfide) groups is 1. The van der Waals surface area contributed by atoms with Crippen molar-refractivity contribution in [3.8, 4) is 0 Å². The number of rotatable bonds is 6. The van der Waals surface area contributed by atoms with Crippen LogP contribution in [0.1, 0.15) is 0 Å². The molecule has 88 valence electrons. The van der Waals surface area contributed by atoms with Crippen LogP contribution in [0, 0.1) is 0 Å². The molecule has 3 N–H and O–H groups in total. The number of aliphatic hydroxyl groups excluding tert-OH is 2. The molecule has 1 amide bonds.